The lowest BCUT2D eigenvalue weighted by Crippen LogP contribution is -2.00. The summed E-state index contributed by atoms with van der Waals surface area (Å²) in [5.74, 6) is 0.575. The van der Waals surface area contributed by atoms with Crippen molar-refractivity contribution < 1.29 is 0 Å². The number of hydrogen-bond acceptors (Lipinski definition) is 5. The molecule has 6 heteroatoms. The van der Waals surface area contributed by atoms with E-state index in [0.29, 0.717) is 10.9 Å². The van der Waals surface area contributed by atoms with Crippen molar-refractivity contribution in [2.75, 3.05) is 5.73 Å². The summed E-state index contributed by atoms with van der Waals surface area (Å²) in [5.41, 5.74) is 5.62. The van der Waals surface area contributed by atoms with Gasteiger partial charge in [-0.15, -0.1) is 10.2 Å². The fraction of sp³-hybridized carbons (Fsp3) is 0.167. The Labute approximate surface area is 72.8 Å². The molecule has 0 bridgehead atoms. The van der Waals surface area contributed by atoms with E-state index in [2.05, 4.69) is 15.3 Å². The Hall–Kier alpha value is -1.43. The summed E-state index contributed by atoms with van der Waals surface area (Å²) in [4.78, 5) is 0. The average Bonchev–Trinajstić information content (AvgIpc) is 2.58. The summed E-state index contributed by atoms with van der Waals surface area (Å²) < 4.78 is 1.56. The molecule has 2 N–H and O–H groups in total. The lowest BCUT2D eigenvalue weighted by molar-refractivity contribution is 0.853. The van der Waals surface area contributed by atoms with Crippen LogP contribution in [0.4, 0.5) is 5.82 Å². The quantitative estimate of drug-likeness (QED) is 0.700. The Morgan fingerprint density at radius 2 is 2.33 bits per heavy atom. The Bertz CT molecular complexity index is 390. The van der Waals surface area contributed by atoms with Crippen molar-refractivity contribution in [2.45, 2.75) is 6.92 Å². The highest BCUT2D eigenvalue weighted by atomic mass is 32.1. The molecule has 0 aliphatic heterocycles. The van der Waals surface area contributed by atoms with Gasteiger partial charge in [-0.1, -0.05) is 11.3 Å². The van der Waals surface area contributed by atoms with Crippen molar-refractivity contribution in [3.05, 3.63) is 17.3 Å². The summed E-state index contributed by atoms with van der Waals surface area (Å²) in [6.07, 6.45) is 1.63. The van der Waals surface area contributed by atoms with Crippen LogP contribution in [0.25, 0.3) is 5.13 Å². The van der Waals surface area contributed by atoms with Gasteiger partial charge in [-0.25, -0.2) is 0 Å². The second-order valence-corrected chi connectivity index (χ2v) is 3.43. The molecule has 0 aliphatic carbocycles. The molecule has 0 saturated heterocycles. The van der Waals surface area contributed by atoms with Gasteiger partial charge in [0.05, 0.1) is 6.20 Å². The summed E-state index contributed by atoms with van der Waals surface area (Å²) in [6.45, 7) is 1.89. The average molecular weight is 181 g/mol. The van der Waals surface area contributed by atoms with E-state index in [-0.39, 0.29) is 0 Å². The number of anilines is 1. The Morgan fingerprint density at radius 1 is 1.50 bits per heavy atom. The maximum atomic E-state index is 5.62. The normalized spacial score (nSPS) is 10.4. The van der Waals surface area contributed by atoms with Crippen molar-refractivity contribution in [3.8, 4) is 5.13 Å². The predicted octanol–water partition coefficient (Wildman–Crippen LogP) is 0.614. The van der Waals surface area contributed by atoms with Crippen LogP contribution >= 0.6 is 11.3 Å². The third kappa shape index (κ3) is 1.06. The van der Waals surface area contributed by atoms with E-state index in [0.717, 1.165) is 5.01 Å². The van der Waals surface area contributed by atoms with Crippen LogP contribution in [0.1, 0.15) is 5.01 Å². The van der Waals surface area contributed by atoms with Crippen LogP contribution in [-0.2, 0) is 0 Å². The van der Waals surface area contributed by atoms with E-state index in [4.69, 9.17) is 5.73 Å². The molecule has 62 valence electrons. The third-order valence-electron chi connectivity index (χ3n) is 1.37. The fourth-order valence-electron chi connectivity index (χ4n) is 0.845. The van der Waals surface area contributed by atoms with E-state index < -0.39 is 0 Å². The molecule has 2 aromatic rings. The molecule has 0 fully saturated rings. The molecule has 0 aliphatic rings. The first-order chi connectivity index (χ1) is 5.77. The van der Waals surface area contributed by atoms with E-state index in [1.54, 1.807) is 16.9 Å². The van der Waals surface area contributed by atoms with Gasteiger partial charge >= 0.3 is 0 Å². The van der Waals surface area contributed by atoms with Gasteiger partial charge in [0.25, 0.3) is 0 Å². The predicted molar refractivity (Wildman–Crippen MR) is 46.2 cm³/mol. The topological polar surface area (TPSA) is 69.6 Å². The minimum atomic E-state index is 0.575. The van der Waals surface area contributed by atoms with E-state index in [9.17, 15) is 0 Å². The number of aromatic nitrogens is 4. The van der Waals surface area contributed by atoms with Crippen molar-refractivity contribution in [1.82, 2.24) is 20.0 Å². The van der Waals surface area contributed by atoms with Crippen LogP contribution in [0.5, 0.6) is 0 Å². The van der Waals surface area contributed by atoms with Crippen LogP contribution in [0.3, 0.4) is 0 Å². The Kier molecular flexibility index (Phi) is 1.54. The van der Waals surface area contributed by atoms with Gasteiger partial charge in [0.15, 0.2) is 0 Å². The van der Waals surface area contributed by atoms with Crippen molar-refractivity contribution >= 4 is 17.2 Å². The molecular weight excluding hydrogens is 174 g/mol. The van der Waals surface area contributed by atoms with Crippen LogP contribution in [0.2, 0.25) is 0 Å². The van der Waals surface area contributed by atoms with Crippen molar-refractivity contribution in [1.29, 1.82) is 0 Å². The van der Waals surface area contributed by atoms with E-state index in [1.807, 2.05) is 6.92 Å². The van der Waals surface area contributed by atoms with Gasteiger partial charge in [0.2, 0.25) is 5.13 Å². The minimum absolute atomic E-state index is 0.575. The lowest BCUT2D eigenvalue weighted by atomic mass is 10.7. The zero-order valence-corrected chi connectivity index (χ0v) is 7.25. The van der Waals surface area contributed by atoms with Gasteiger partial charge in [-0.2, -0.15) is 9.78 Å². The highest BCUT2D eigenvalue weighted by Crippen LogP contribution is 2.15. The van der Waals surface area contributed by atoms with Crippen LogP contribution in [-0.4, -0.2) is 20.0 Å². The van der Waals surface area contributed by atoms with Gasteiger partial charge in [-0.3, -0.25) is 0 Å². The molecule has 0 aromatic carbocycles. The molecule has 2 rings (SSSR count). The molecule has 12 heavy (non-hydrogen) atoms. The molecule has 0 radical (unpaired) electrons. The van der Waals surface area contributed by atoms with E-state index >= 15 is 0 Å². The molecule has 5 nitrogen and oxygen atoms in total. The number of nitrogen functional groups attached to an aromatic ring is 1. The second-order valence-electron chi connectivity index (χ2n) is 2.27. The number of rotatable bonds is 1. The largest absolute Gasteiger partial charge is 0.384 e. The molecule has 0 amide bonds. The molecule has 0 spiro atoms. The lowest BCUT2D eigenvalue weighted by Gasteiger charge is -1.94. The van der Waals surface area contributed by atoms with Crippen LogP contribution in [0, 0.1) is 6.92 Å². The third-order valence-corrected chi connectivity index (χ3v) is 2.18. The molecule has 0 atom stereocenters. The number of hydrogen-bond donors (Lipinski definition) is 1. The zero-order valence-electron chi connectivity index (χ0n) is 6.43. The highest BCUT2D eigenvalue weighted by molar-refractivity contribution is 7.13. The first-order valence-electron chi connectivity index (χ1n) is 3.37. The maximum Gasteiger partial charge on any atom is 0.234 e. The zero-order chi connectivity index (χ0) is 8.55. The van der Waals surface area contributed by atoms with Gasteiger partial charge in [0, 0.05) is 6.07 Å². The van der Waals surface area contributed by atoms with Crippen molar-refractivity contribution in [3.63, 3.8) is 0 Å². The molecule has 2 heterocycles. The summed E-state index contributed by atoms with van der Waals surface area (Å²) in [5, 5.41) is 13.4. The van der Waals surface area contributed by atoms with E-state index in [1.165, 1.54) is 11.3 Å². The summed E-state index contributed by atoms with van der Waals surface area (Å²) in [6, 6.07) is 1.72. The SMILES string of the molecule is Cc1nnc(-n2nccc2N)s1. The maximum absolute atomic E-state index is 5.62. The highest BCUT2D eigenvalue weighted by Gasteiger charge is 2.05. The fourth-order valence-corrected chi connectivity index (χ4v) is 1.51. The van der Waals surface area contributed by atoms with Crippen LogP contribution < -0.4 is 5.73 Å². The minimum Gasteiger partial charge on any atom is -0.384 e. The second kappa shape index (κ2) is 2.56. The molecule has 0 saturated carbocycles. The number of nitrogens with zero attached hydrogens (tertiary/aromatic N) is 4. The molecule has 0 unspecified atom stereocenters. The summed E-state index contributed by atoms with van der Waals surface area (Å²) >= 11 is 1.46. The van der Waals surface area contributed by atoms with Gasteiger partial charge in [-0.05, 0) is 6.92 Å². The standard InChI is InChI=1S/C6H7N5S/c1-4-9-10-6(12-4)11-5(7)2-3-8-11/h2-3H,7H2,1H3. The van der Waals surface area contributed by atoms with Gasteiger partial charge in [0.1, 0.15) is 10.8 Å². The first kappa shape index (κ1) is 7.23. The smallest absolute Gasteiger partial charge is 0.234 e. The Balaban J connectivity index is 2.50. The van der Waals surface area contributed by atoms with Gasteiger partial charge < -0.3 is 5.73 Å². The van der Waals surface area contributed by atoms with Crippen LogP contribution in [0.15, 0.2) is 12.3 Å². The Morgan fingerprint density at radius 3 is 2.83 bits per heavy atom. The first-order valence-corrected chi connectivity index (χ1v) is 4.19. The molecular formula is C6H7N5S. The number of aryl methyl sites for hydroxylation is 1. The monoisotopic (exact) mass is 181 g/mol. The molecule has 2 aromatic heterocycles. The number of nitrogens with two attached hydrogens (primary N) is 1. The van der Waals surface area contributed by atoms with Crippen molar-refractivity contribution in [2.24, 2.45) is 0 Å². The summed E-state index contributed by atoms with van der Waals surface area (Å²) in [7, 11) is 0.